The van der Waals surface area contributed by atoms with E-state index in [0.717, 1.165) is 5.52 Å². The van der Waals surface area contributed by atoms with Gasteiger partial charge in [0.2, 0.25) is 0 Å². The van der Waals surface area contributed by atoms with Gasteiger partial charge in [-0.2, -0.15) is 0 Å². The highest BCUT2D eigenvalue weighted by Crippen LogP contribution is 2.20. The van der Waals surface area contributed by atoms with E-state index in [1.807, 2.05) is 0 Å². The molecule has 0 atom stereocenters. The van der Waals surface area contributed by atoms with Crippen LogP contribution in [0.5, 0.6) is 0 Å². The largest absolute Gasteiger partial charge is 0.512 e. The van der Waals surface area contributed by atoms with Crippen molar-refractivity contribution in [2.24, 2.45) is 4.99 Å². The number of nitrogens with zero attached hydrogens (tertiary/aromatic N) is 2. The van der Waals surface area contributed by atoms with E-state index in [4.69, 9.17) is 4.42 Å². The second-order valence-electron chi connectivity index (χ2n) is 3.82. The van der Waals surface area contributed by atoms with Gasteiger partial charge >= 0.3 is 0 Å². The molecule has 0 amide bonds. The predicted octanol–water partition coefficient (Wildman–Crippen LogP) is 2.95. The first kappa shape index (κ1) is 12.0. The van der Waals surface area contributed by atoms with Crippen LogP contribution in [0.4, 0.5) is 5.69 Å². The summed E-state index contributed by atoms with van der Waals surface area (Å²) in [5.41, 5.74) is 2.18. The molecule has 2 aromatic rings. The lowest BCUT2D eigenvalue weighted by Crippen LogP contribution is -2.01. The molecule has 0 saturated heterocycles. The lowest BCUT2D eigenvalue weighted by Gasteiger charge is -1.98. The number of ketones is 1. The van der Waals surface area contributed by atoms with Crippen molar-refractivity contribution in [3.8, 4) is 0 Å². The van der Waals surface area contributed by atoms with E-state index in [-0.39, 0.29) is 17.1 Å². The number of aliphatic imine (C=N–C) groups is 1. The Morgan fingerprint density at radius 1 is 1.44 bits per heavy atom. The number of aliphatic hydroxyl groups is 1. The summed E-state index contributed by atoms with van der Waals surface area (Å²) in [6, 6.07) is 5.24. The quantitative estimate of drug-likeness (QED) is 0.511. The molecular weight excluding hydrogens is 232 g/mol. The third-order valence-corrected chi connectivity index (χ3v) is 2.43. The van der Waals surface area contributed by atoms with Gasteiger partial charge in [-0.25, -0.2) is 4.98 Å². The fraction of sp³-hybridized carbons (Fsp3) is 0.154. The average Bonchev–Trinajstić information content (AvgIpc) is 2.75. The number of Topliss-reactive ketones (excluding diaryl/α,β-unsaturated/α-hetero) is 1. The van der Waals surface area contributed by atoms with Crippen molar-refractivity contribution in [2.45, 2.75) is 13.8 Å². The van der Waals surface area contributed by atoms with Gasteiger partial charge in [0.1, 0.15) is 11.3 Å². The normalized spacial score (nSPS) is 13.0. The van der Waals surface area contributed by atoms with Crippen LogP contribution in [0.25, 0.3) is 11.1 Å². The molecule has 0 bridgehead atoms. The zero-order valence-electron chi connectivity index (χ0n) is 10.0. The van der Waals surface area contributed by atoms with Gasteiger partial charge in [0.05, 0.1) is 11.3 Å². The summed E-state index contributed by atoms with van der Waals surface area (Å²) in [5.74, 6) is -0.286. The van der Waals surface area contributed by atoms with E-state index >= 15 is 0 Å². The highest BCUT2D eigenvalue weighted by Gasteiger charge is 2.05. The maximum absolute atomic E-state index is 11.2. The number of hydrogen-bond donors (Lipinski definition) is 1. The number of benzene rings is 1. The summed E-state index contributed by atoms with van der Waals surface area (Å²) >= 11 is 0. The molecule has 92 valence electrons. The molecule has 0 aliphatic heterocycles. The van der Waals surface area contributed by atoms with Gasteiger partial charge < -0.3 is 9.52 Å². The first-order valence-corrected chi connectivity index (χ1v) is 5.36. The van der Waals surface area contributed by atoms with Gasteiger partial charge in [0.25, 0.3) is 0 Å². The smallest absolute Gasteiger partial charge is 0.181 e. The molecule has 0 radical (unpaired) electrons. The van der Waals surface area contributed by atoms with E-state index in [9.17, 15) is 9.90 Å². The fourth-order valence-corrected chi connectivity index (χ4v) is 1.50. The zero-order chi connectivity index (χ0) is 13.1. The van der Waals surface area contributed by atoms with E-state index in [0.29, 0.717) is 11.3 Å². The SMILES string of the molecule is CC(=O)/C(C=Nc1ccc2ncoc2c1)=C(/C)O. The number of fused-ring (bicyclic) bond motifs is 1. The van der Waals surface area contributed by atoms with Crippen molar-refractivity contribution in [1.82, 2.24) is 4.98 Å². The molecular formula is C13H12N2O3. The number of allylic oxidation sites excluding steroid dienone is 2. The first-order valence-electron chi connectivity index (χ1n) is 5.36. The maximum Gasteiger partial charge on any atom is 0.181 e. The molecule has 2 rings (SSSR count). The molecule has 0 aliphatic carbocycles. The number of oxazole rings is 1. The topological polar surface area (TPSA) is 75.7 Å². The van der Waals surface area contributed by atoms with E-state index in [1.54, 1.807) is 18.2 Å². The summed E-state index contributed by atoms with van der Waals surface area (Å²) in [4.78, 5) is 19.4. The number of aromatic nitrogens is 1. The van der Waals surface area contributed by atoms with Crippen LogP contribution in [0.15, 0.2) is 45.3 Å². The Morgan fingerprint density at radius 2 is 2.22 bits per heavy atom. The highest BCUT2D eigenvalue weighted by atomic mass is 16.3. The molecule has 1 heterocycles. The van der Waals surface area contributed by atoms with E-state index in [2.05, 4.69) is 9.98 Å². The molecule has 5 nitrogen and oxygen atoms in total. The lowest BCUT2D eigenvalue weighted by atomic mass is 10.2. The summed E-state index contributed by atoms with van der Waals surface area (Å²) in [6.07, 6.45) is 2.70. The first-order chi connectivity index (χ1) is 8.58. The number of carbonyl (C=O) groups excluding carboxylic acids is 1. The minimum Gasteiger partial charge on any atom is -0.512 e. The average molecular weight is 244 g/mol. The number of hydrogen-bond acceptors (Lipinski definition) is 5. The van der Waals surface area contributed by atoms with Crippen LogP contribution in [-0.4, -0.2) is 22.1 Å². The van der Waals surface area contributed by atoms with Crippen LogP contribution in [0, 0.1) is 0 Å². The van der Waals surface area contributed by atoms with Crippen LogP contribution in [-0.2, 0) is 4.79 Å². The van der Waals surface area contributed by atoms with Gasteiger partial charge in [-0.15, -0.1) is 0 Å². The molecule has 0 aliphatic rings. The molecule has 0 saturated carbocycles. The molecule has 1 aromatic heterocycles. The third-order valence-electron chi connectivity index (χ3n) is 2.43. The minimum absolute atomic E-state index is 0.0491. The molecule has 5 heteroatoms. The summed E-state index contributed by atoms with van der Waals surface area (Å²) in [5, 5.41) is 9.34. The maximum atomic E-state index is 11.2. The number of aliphatic hydroxyl groups excluding tert-OH is 1. The Kier molecular flexibility index (Phi) is 3.23. The Bertz CT molecular complexity index is 649. The Hall–Kier alpha value is -2.43. The second-order valence-corrected chi connectivity index (χ2v) is 3.82. The van der Waals surface area contributed by atoms with Gasteiger partial charge in [0, 0.05) is 12.3 Å². The Labute approximate surface area is 103 Å². The highest BCUT2D eigenvalue weighted by molar-refractivity contribution is 6.13. The standard InChI is InChI=1S/C13H12N2O3/c1-8(16)11(9(2)17)6-14-10-3-4-12-13(5-10)18-7-15-12/h3-7,16H,1-2H3/b11-8-,14-6?. The van der Waals surface area contributed by atoms with E-state index in [1.165, 1.54) is 26.5 Å². The van der Waals surface area contributed by atoms with Crippen molar-refractivity contribution in [1.29, 1.82) is 0 Å². The summed E-state index contributed by atoms with van der Waals surface area (Å²) in [7, 11) is 0. The molecule has 1 aromatic carbocycles. The van der Waals surface area contributed by atoms with Crippen molar-refractivity contribution >= 4 is 28.8 Å². The van der Waals surface area contributed by atoms with Gasteiger partial charge in [-0.05, 0) is 26.0 Å². The number of carbonyl (C=O) groups is 1. The molecule has 1 N–H and O–H groups in total. The number of rotatable bonds is 3. The van der Waals surface area contributed by atoms with Crippen LogP contribution in [0.2, 0.25) is 0 Å². The van der Waals surface area contributed by atoms with Crippen molar-refractivity contribution in [3.05, 3.63) is 35.9 Å². The van der Waals surface area contributed by atoms with Gasteiger partial charge in [-0.3, -0.25) is 9.79 Å². The molecule has 18 heavy (non-hydrogen) atoms. The second kappa shape index (κ2) is 4.83. The van der Waals surface area contributed by atoms with Crippen molar-refractivity contribution < 1.29 is 14.3 Å². The van der Waals surface area contributed by atoms with Crippen LogP contribution < -0.4 is 0 Å². The van der Waals surface area contributed by atoms with Gasteiger partial charge in [-0.1, -0.05) is 0 Å². The predicted molar refractivity (Wildman–Crippen MR) is 68.2 cm³/mol. The monoisotopic (exact) mass is 244 g/mol. The minimum atomic E-state index is -0.237. The Morgan fingerprint density at radius 3 is 2.89 bits per heavy atom. The molecule has 0 spiro atoms. The molecule has 0 fully saturated rings. The third kappa shape index (κ3) is 2.45. The van der Waals surface area contributed by atoms with Crippen LogP contribution >= 0.6 is 0 Å². The van der Waals surface area contributed by atoms with Crippen LogP contribution in [0.1, 0.15) is 13.8 Å². The summed E-state index contributed by atoms with van der Waals surface area (Å²) < 4.78 is 5.15. The van der Waals surface area contributed by atoms with E-state index < -0.39 is 0 Å². The van der Waals surface area contributed by atoms with Crippen LogP contribution in [0.3, 0.4) is 0 Å². The Balaban J connectivity index is 2.33. The lowest BCUT2D eigenvalue weighted by molar-refractivity contribution is -0.113. The van der Waals surface area contributed by atoms with Crippen molar-refractivity contribution in [2.75, 3.05) is 0 Å². The molecule has 0 unspecified atom stereocenters. The summed E-state index contributed by atoms with van der Waals surface area (Å²) in [6.45, 7) is 2.82. The fourth-order valence-electron chi connectivity index (χ4n) is 1.50. The van der Waals surface area contributed by atoms with Gasteiger partial charge in [0.15, 0.2) is 17.8 Å². The van der Waals surface area contributed by atoms with Crippen molar-refractivity contribution in [3.63, 3.8) is 0 Å². The zero-order valence-corrected chi connectivity index (χ0v) is 10.0.